The highest BCUT2D eigenvalue weighted by atomic mass is 16.6. The Labute approximate surface area is 93.6 Å². The molecule has 1 rings (SSSR count). The summed E-state index contributed by atoms with van der Waals surface area (Å²) in [5.74, 6) is -0.0827. The number of nitro benzene ring substituents is 1. The minimum atomic E-state index is -0.443. The molecule has 0 bridgehead atoms. The van der Waals surface area contributed by atoms with Gasteiger partial charge in [-0.1, -0.05) is 25.1 Å². The van der Waals surface area contributed by atoms with E-state index >= 15 is 0 Å². The van der Waals surface area contributed by atoms with Crippen LogP contribution in [0.15, 0.2) is 24.3 Å². The fourth-order valence-corrected chi connectivity index (χ4v) is 1.35. The third kappa shape index (κ3) is 3.34. The molecule has 0 unspecified atom stereocenters. The maximum absolute atomic E-state index is 11.2. The zero-order valence-electron chi connectivity index (χ0n) is 9.10. The molecule has 0 heterocycles. The summed E-state index contributed by atoms with van der Waals surface area (Å²) < 4.78 is 0. The Kier molecular flexibility index (Phi) is 4.44. The van der Waals surface area contributed by atoms with Gasteiger partial charge in [0.1, 0.15) is 0 Å². The molecule has 1 amide bonds. The lowest BCUT2D eigenvalue weighted by molar-refractivity contribution is -0.385. The molecule has 0 aliphatic carbocycles. The van der Waals surface area contributed by atoms with Gasteiger partial charge >= 0.3 is 0 Å². The molecule has 0 saturated carbocycles. The van der Waals surface area contributed by atoms with E-state index in [2.05, 4.69) is 5.32 Å². The molecule has 5 heteroatoms. The summed E-state index contributed by atoms with van der Waals surface area (Å²) in [6, 6.07) is 6.40. The molecule has 1 N–H and O–H groups in total. The fourth-order valence-electron chi connectivity index (χ4n) is 1.35. The number of rotatable bonds is 5. The maximum Gasteiger partial charge on any atom is 0.274 e. The summed E-state index contributed by atoms with van der Waals surface area (Å²) in [6.07, 6.45) is 1.21. The molecule has 0 fully saturated rings. The summed E-state index contributed by atoms with van der Waals surface area (Å²) >= 11 is 0. The third-order valence-electron chi connectivity index (χ3n) is 2.14. The predicted molar refractivity (Wildman–Crippen MR) is 59.9 cm³/mol. The lowest BCUT2D eigenvalue weighted by atomic mass is 10.2. The minimum Gasteiger partial charge on any atom is -0.352 e. The number of hydrogen-bond acceptors (Lipinski definition) is 3. The van der Waals surface area contributed by atoms with E-state index in [0.717, 1.165) is 6.42 Å². The van der Waals surface area contributed by atoms with Gasteiger partial charge in [0.2, 0.25) is 5.91 Å². The number of nitrogens with one attached hydrogen (secondary N) is 1. The molecule has 86 valence electrons. The fraction of sp³-hybridized carbons (Fsp3) is 0.364. The van der Waals surface area contributed by atoms with Gasteiger partial charge in [-0.2, -0.15) is 0 Å². The van der Waals surface area contributed by atoms with E-state index in [1.54, 1.807) is 18.2 Å². The van der Waals surface area contributed by atoms with Gasteiger partial charge < -0.3 is 5.32 Å². The average Bonchev–Trinajstić information content (AvgIpc) is 2.27. The van der Waals surface area contributed by atoms with Crippen molar-refractivity contribution in [2.75, 3.05) is 0 Å². The molecular weight excluding hydrogens is 208 g/mol. The van der Waals surface area contributed by atoms with Crippen molar-refractivity contribution in [3.8, 4) is 0 Å². The van der Waals surface area contributed by atoms with Crippen LogP contribution in [0.5, 0.6) is 0 Å². The molecule has 0 aromatic heterocycles. The van der Waals surface area contributed by atoms with Gasteiger partial charge in [-0.3, -0.25) is 14.9 Å². The van der Waals surface area contributed by atoms with Crippen molar-refractivity contribution >= 4 is 11.6 Å². The average molecular weight is 222 g/mol. The number of nitrogens with zero attached hydrogens (tertiary/aromatic N) is 1. The van der Waals surface area contributed by atoms with E-state index in [0.29, 0.717) is 12.0 Å². The number of benzene rings is 1. The molecule has 0 aliphatic heterocycles. The van der Waals surface area contributed by atoms with Crippen molar-refractivity contribution in [2.24, 2.45) is 0 Å². The van der Waals surface area contributed by atoms with Crippen molar-refractivity contribution in [3.63, 3.8) is 0 Å². The number of para-hydroxylation sites is 1. The third-order valence-corrected chi connectivity index (χ3v) is 2.14. The van der Waals surface area contributed by atoms with E-state index in [-0.39, 0.29) is 18.1 Å². The van der Waals surface area contributed by atoms with Crippen LogP contribution in [0.25, 0.3) is 0 Å². The van der Waals surface area contributed by atoms with Gasteiger partial charge in [0.15, 0.2) is 0 Å². The number of carbonyl (C=O) groups is 1. The smallest absolute Gasteiger partial charge is 0.274 e. The number of hydrogen-bond donors (Lipinski definition) is 1. The van der Waals surface area contributed by atoms with Crippen LogP contribution in [0, 0.1) is 10.1 Å². The molecule has 5 nitrogen and oxygen atoms in total. The summed E-state index contributed by atoms with van der Waals surface area (Å²) in [6.45, 7) is 2.11. The van der Waals surface area contributed by atoms with Crippen LogP contribution in [-0.2, 0) is 11.3 Å². The van der Waals surface area contributed by atoms with Crippen molar-refractivity contribution in [2.45, 2.75) is 26.3 Å². The first-order valence-corrected chi connectivity index (χ1v) is 5.14. The van der Waals surface area contributed by atoms with Gasteiger partial charge in [-0.15, -0.1) is 0 Å². The van der Waals surface area contributed by atoms with E-state index in [1.807, 2.05) is 6.92 Å². The van der Waals surface area contributed by atoms with Crippen molar-refractivity contribution in [1.82, 2.24) is 5.32 Å². The largest absolute Gasteiger partial charge is 0.352 e. The Balaban J connectivity index is 2.66. The number of nitro groups is 1. The predicted octanol–water partition coefficient (Wildman–Crippen LogP) is 2.01. The molecular formula is C11H14N2O3. The summed E-state index contributed by atoms with van der Waals surface area (Å²) in [5, 5.41) is 13.3. The monoisotopic (exact) mass is 222 g/mol. The van der Waals surface area contributed by atoms with Gasteiger partial charge in [-0.05, 0) is 6.42 Å². The summed E-state index contributed by atoms with van der Waals surface area (Å²) in [5.41, 5.74) is 0.566. The topological polar surface area (TPSA) is 72.2 Å². The summed E-state index contributed by atoms with van der Waals surface area (Å²) in [7, 11) is 0. The molecule has 1 aromatic carbocycles. The number of amides is 1. The zero-order chi connectivity index (χ0) is 12.0. The Morgan fingerprint density at radius 1 is 1.44 bits per heavy atom. The van der Waals surface area contributed by atoms with Crippen LogP contribution >= 0.6 is 0 Å². The van der Waals surface area contributed by atoms with Crippen molar-refractivity contribution < 1.29 is 9.72 Å². The van der Waals surface area contributed by atoms with Crippen LogP contribution < -0.4 is 5.32 Å². The maximum atomic E-state index is 11.2. The summed E-state index contributed by atoms with van der Waals surface area (Å²) in [4.78, 5) is 21.5. The van der Waals surface area contributed by atoms with Crippen molar-refractivity contribution in [1.29, 1.82) is 0 Å². The minimum absolute atomic E-state index is 0.0410. The SMILES string of the molecule is CCCC(=O)NCc1ccccc1[N+](=O)[O-]. The quantitative estimate of drug-likeness (QED) is 0.611. The van der Waals surface area contributed by atoms with Gasteiger partial charge in [0, 0.05) is 24.6 Å². The number of carbonyl (C=O) groups excluding carboxylic acids is 1. The van der Waals surface area contributed by atoms with Crippen molar-refractivity contribution in [3.05, 3.63) is 39.9 Å². The molecule has 0 spiro atoms. The molecule has 0 radical (unpaired) electrons. The Morgan fingerprint density at radius 2 is 2.12 bits per heavy atom. The molecule has 0 aliphatic rings. The first kappa shape index (κ1) is 12.2. The van der Waals surface area contributed by atoms with E-state index < -0.39 is 4.92 Å². The Bertz CT molecular complexity index is 391. The first-order valence-electron chi connectivity index (χ1n) is 5.14. The van der Waals surface area contributed by atoms with Crippen LogP contribution in [0.3, 0.4) is 0 Å². The lowest BCUT2D eigenvalue weighted by Gasteiger charge is -2.04. The van der Waals surface area contributed by atoms with Gasteiger partial charge in [0.25, 0.3) is 5.69 Å². The van der Waals surface area contributed by atoms with E-state index in [1.165, 1.54) is 6.07 Å². The molecule has 1 aromatic rings. The molecule has 16 heavy (non-hydrogen) atoms. The lowest BCUT2D eigenvalue weighted by Crippen LogP contribution is -2.22. The van der Waals surface area contributed by atoms with Crippen LogP contribution in [-0.4, -0.2) is 10.8 Å². The van der Waals surface area contributed by atoms with E-state index in [4.69, 9.17) is 0 Å². The van der Waals surface area contributed by atoms with Gasteiger partial charge in [-0.25, -0.2) is 0 Å². The van der Waals surface area contributed by atoms with Gasteiger partial charge in [0.05, 0.1) is 4.92 Å². The second-order valence-electron chi connectivity index (χ2n) is 3.41. The highest BCUT2D eigenvalue weighted by molar-refractivity contribution is 5.75. The Hall–Kier alpha value is -1.91. The van der Waals surface area contributed by atoms with Crippen LogP contribution in [0.1, 0.15) is 25.3 Å². The normalized spacial score (nSPS) is 9.81. The molecule has 0 atom stereocenters. The second kappa shape index (κ2) is 5.85. The second-order valence-corrected chi connectivity index (χ2v) is 3.41. The highest BCUT2D eigenvalue weighted by Crippen LogP contribution is 2.16. The molecule has 0 saturated heterocycles. The van der Waals surface area contributed by atoms with Crippen LogP contribution in [0.2, 0.25) is 0 Å². The Morgan fingerprint density at radius 3 is 2.75 bits per heavy atom. The van der Waals surface area contributed by atoms with Crippen LogP contribution in [0.4, 0.5) is 5.69 Å². The van der Waals surface area contributed by atoms with E-state index in [9.17, 15) is 14.9 Å². The first-order chi connectivity index (χ1) is 7.65. The zero-order valence-corrected chi connectivity index (χ0v) is 9.10. The highest BCUT2D eigenvalue weighted by Gasteiger charge is 2.12. The standard InChI is InChI=1S/C11H14N2O3/c1-2-5-11(14)12-8-9-6-3-4-7-10(9)13(15)16/h3-4,6-7H,2,5,8H2,1H3,(H,12,14).